The van der Waals surface area contributed by atoms with Crippen LogP contribution in [0.3, 0.4) is 0 Å². The van der Waals surface area contributed by atoms with Gasteiger partial charge in [0, 0.05) is 37.8 Å². The first-order chi connectivity index (χ1) is 9.38. The lowest BCUT2D eigenvalue weighted by molar-refractivity contribution is 0.663. The van der Waals surface area contributed by atoms with E-state index < -0.39 is 0 Å². The summed E-state index contributed by atoms with van der Waals surface area (Å²) in [6, 6.07) is 0. The lowest BCUT2D eigenvalue weighted by Crippen LogP contribution is -2.43. The van der Waals surface area contributed by atoms with Crippen LogP contribution < -0.4 is 15.5 Å². The topological polar surface area (TPSA) is 52.6 Å². The molecule has 0 aliphatic heterocycles. The maximum atomic E-state index is 4.54. The van der Waals surface area contributed by atoms with Crippen LogP contribution in [0.1, 0.15) is 19.5 Å². The smallest absolute Gasteiger partial charge is 0.191 e. The van der Waals surface area contributed by atoms with E-state index in [9.17, 15) is 0 Å². The van der Waals surface area contributed by atoms with Crippen molar-refractivity contribution in [2.24, 2.45) is 4.99 Å². The number of aromatic nitrogens is 1. The maximum absolute atomic E-state index is 4.54. The molecule has 8 heteroatoms. The Morgan fingerprint density at radius 3 is 2.57 bits per heavy atom. The normalized spacial score (nSPS) is 11.8. The molecule has 1 aromatic rings. The van der Waals surface area contributed by atoms with Gasteiger partial charge in [0.15, 0.2) is 11.1 Å². The fourth-order valence-electron chi connectivity index (χ4n) is 1.35. The van der Waals surface area contributed by atoms with Gasteiger partial charge in [0.25, 0.3) is 0 Å². The molecule has 0 aromatic carbocycles. The van der Waals surface area contributed by atoms with Crippen LogP contribution in [0.5, 0.6) is 0 Å². The predicted molar refractivity (Wildman–Crippen MR) is 108 cm³/mol. The molecule has 1 aromatic heterocycles. The highest BCUT2D eigenvalue weighted by Crippen LogP contribution is 2.19. The van der Waals surface area contributed by atoms with E-state index in [1.807, 2.05) is 30.8 Å². The lowest BCUT2D eigenvalue weighted by atomic mass is 10.2. The van der Waals surface area contributed by atoms with Crippen LogP contribution in [0.25, 0.3) is 0 Å². The Morgan fingerprint density at radius 1 is 1.43 bits per heavy atom. The molecule has 1 rings (SSSR count). The van der Waals surface area contributed by atoms with Crippen molar-refractivity contribution in [3.63, 3.8) is 0 Å². The SMILES string of the molecule is CN=C(NCc1csc(N(C)C)n1)NCC(C)(C)SC.I. The van der Waals surface area contributed by atoms with E-state index in [0.717, 1.165) is 23.3 Å². The number of guanidine groups is 1. The molecule has 0 amide bonds. The van der Waals surface area contributed by atoms with Gasteiger partial charge in [0.1, 0.15) is 0 Å². The zero-order chi connectivity index (χ0) is 15.2. The molecular formula is C13H26IN5S2. The quantitative estimate of drug-likeness (QED) is 0.402. The summed E-state index contributed by atoms with van der Waals surface area (Å²) in [6.45, 7) is 5.97. The minimum Gasteiger partial charge on any atom is -0.355 e. The van der Waals surface area contributed by atoms with Gasteiger partial charge < -0.3 is 15.5 Å². The van der Waals surface area contributed by atoms with Gasteiger partial charge in [-0.1, -0.05) is 0 Å². The van der Waals surface area contributed by atoms with Crippen molar-refractivity contribution in [2.75, 3.05) is 38.8 Å². The summed E-state index contributed by atoms with van der Waals surface area (Å²) in [4.78, 5) is 10.8. The van der Waals surface area contributed by atoms with Crippen LogP contribution >= 0.6 is 47.1 Å². The number of anilines is 1. The summed E-state index contributed by atoms with van der Waals surface area (Å²) in [5.74, 6) is 0.812. The van der Waals surface area contributed by atoms with Crippen LogP contribution in [0.15, 0.2) is 10.4 Å². The Kier molecular flexibility index (Phi) is 9.63. The standard InChI is InChI=1S/C13H25N5S2.HI/c1-13(2,19-6)9-16-11(14-3)15-7-10-8-20-12(17-10)18(4)5;/h8H,7,9H2,1-6H3,(H2,14,15,16);1H. The number of hydrogen-bond acceptors (Lipinski definition) is 5. The largest absolute Gasteiger partial charge is 0.355 e. The molecule has 0 saturated heterocycles. The van der Waals surface area contributed by atoms with Crippen molar-refractivity contribution < 1.29 is 0 Å². The Balaban J connectivity index is 0.00000400. The highest BCUT2D eigenvalue weighted by molar-refractivity contribution is 14.0. The summed E-state index contributed by atoms with van der Waals surface area (Å²) in [5, 5.41) is 9.73. The second-order valence-corrected chi connectivity index (χ2v) is 7.61. The molecule has 2 N–H and O–H groups in total. The third-order valence-corrected chi connectivity index (χ3v) is 5.12. The van der Waals surface area contributed by atoms with Crippen molar-refractivity contribution in [1.82, 2.24) is 15.6 Å². The number of aliphatic imine (C=N–C) groups is 1. The van der Waals surface area contributed by atoms with E-state index in [-0.39, 0.29) is 28.7 Å². The molecule has 1 heterocycles. The molecular weight excluding hydrogens is 417 g/mol. The molecule has 0 atom stereocenters. The molecule has 0 fully saturated rings. The second-order valence-electron chi connectivity index (χ2n) is 5.26. The molecule has 122 valence electrons. The zero-order valence-corrected chi connectivity index (χ0v) is 17.5. The highest BCUT2D eigenvalue weighted by Gasteiger charge is 2.16. The minimum atomic E-state index is 0. The number of nitrogens with one attached hydrogen (secondary N) is 2. The number of halogens is 1. The van der Waals surface area contributed by atoms with Gasteiger partial charge in [-0.3, -0.25) is 4.99 Å². The van der Waals surface area contributed by atoms with Gasteiger partial charge in [-0.2, -0.15) is 11.8 Å². The van der Waals surface area contributed by atoms with E-state index in [1.54, 1.807) is 18.4 Å². The molecule has 5 nitrogen and oxygen atoms in total. The summed E-state index contributed by atoms with van der Waals surface area (Å²) in [5.41, 5.74) is 1.03. The third kappa shape index (κ3) is 7.55. The highest BCUT2D eigenvalue weighted by atomic mass is 127. The molecule has 21 heavy (non-hydrogen) atoms. The lowest BCUT2D eigenvalue weighted by Gasteiger charge is -2.23. The fourth-order valence-corrected chi connectivity index (χ4v) is 2.32. The maximum Gasteiger partial charge on any atom is 0.191 e. The fraction of sp³-hybridized carbons (Fsp3) is 0.692. The molecule has 0 saturated carbocycles. The average molecular weight is 443 g/mol. The van der Waals surface area contributed by atoms with Crippen LogP contribution in [0.2, 0.25) is 0 Å². The van der Waals surface area contributed by atoms with Crippen LogP contribution in [-0.4, -0.2) is 49.6 Å². The van der Waals surface area contributed by atoms with E-state index in [2.05, 4.69) is 46.1 Å². The average Bonchev–Trinajstić information content (AvgIpc) is 2.88. The van der Waals surface area contributed by atoms with Crippen LogP contribution in [-0.2, 0) is 6.54 Å². The molecule has 0 bridgehead atoms. The first-order valence-electron chi connectivity index (χ1n) is 6.49. The first-order valence-corrected chi connectivity index (χ1v) is 8.60. The number of rotatable bonds is 6. The van der Waals surface area contributed by atoms with E-state index >= 15 is 0 Å². The summed E-state index contributed by atoms with van der Waals surface area (Å²) in [7, 11) is 5.79. The second kappa shape index (κ2) is 9.73. The van der Waals surface area contributed by atoms with Gasteiger partial charge in [0.2, 0.25) is 0 Å². The van der Waals surface area contributed by atoms with Crippen molar-refractivity contribution in [2.45, 2.75) is 25.1 Å². The molecule has 0 unspecified atom stereocenters. The van der Waals surface area contributed by atoms with Crippen molar-refractivity contribution in [3.05, 3.63) is 11.1 Å². The number of thiazole rings is 1. The van der Waals surface area contributed by atoms with E-state index in [0.29, 0.717) is 6.54 Å². The van der Waals surface area contributed by atoms with Crippen molar-refractivity contribution in [3.8, 4) is 0 Å². The summed E-state index contributed by atoms with van der Waals surface area (Å²) >= 11 is 3.49. The van der Waals surface area contributed by atoms with Crippen molar-refractivity contribution in [1.29, 1.82) is 0 Å². The predicted octanol–water partition coefficient (Wildman–Crippen LogP) is 2.63. The third-order valence-electron chi connectivity index (χ3n) is 2.82. The summed E-state index contributed by atoms with van der Waals surface area (Å²) < 4.78 is 0.191. The summed E-state index contributed by atoms with van der Waals surface area (Å²) in [6.07, 6.45) is 2.12. The molecule has 0 aliphatic carbocycles. The molecule has 0 aliphatic rings. The van der Waals surface area contributed by atoms with Gasteiger partial charge in [0.05, 0.1) is 12.2 Å². The Morgan fingerprint density at radius 2 is 2.10 bits per heavy atom. The Hall–Kier alpha value is -0.220. The van der Waals surface area contributed by atoms with Gasteiger partial charge in [-0.15, -0.1) is 35.3 Å². The van der Waals surface area contributed by atoms with Gasteiger partial charge in [-0.25, -0.2) is 4.98 Å². The molecule has 0 spiro atoms. The number of nitrogens with zero attached hydrogens (tertiary/aromatic N) is 3. The van der Waals surface area contributed by atoms with Crippen LogP contribution in [0, 0.1) is 0 Å². The van der Waals surface area contributed by atoms with Crippen molar-refractivity contribution >= 4 is 58.2 Å². The van der Waals surface area contributed by atoms with Crippen LogP contribution in [0.4, 0.5) is 5.13 Å². The minimum absolute atomic E-state index is 0. The van der Waals surface area contributed by atoms with E-state index in [1.165, 1.54) is 0 Å². The Labute approximate surface area is 153 Å². The number of thioether (sulfide) groups is 1. The Bertz CT molecular complexity index is 446. The first kappa shape index (κ1) is 20.8. The monoisotopic (exact) mass is 443 g/mol. The van der Waals surface area contributed by atoms with E-state index in [4.69, 9.17) is 0 Å². The number of hydrogen-bond donors (Lipinski definition) is 2. The van der Waals surface area contributed by atoms with Gasteiger partial charge in [-0.05, 0) is 20.1 Å². The zero-order valence-electron chi connectivity index (χ0n) is 13.6. The molecule has 0 radical (unpaired) electrons. The van der Waals surface area contributed by atoms with Gasteiger partial charge >= 0.3 is 0 Å².